The molecule has 0 aliphatic heterocycles. The summed E-state index contributed by atoms with van der Waals surface area (Å²) in [6.07, 6.45) is 5.07. The average molecular weight is 538 g/mol. The lowest BCUT2D eigenvalue weighted by Crippen LogP contribution is -2.41. The second kappa shape index (κ2) is 13.2. The normalized spacial score (nSPS) is 15.4. The van der Waals surface area contributed by atoms with E-state index >= 15 is 0 Å². The molecule has 1 saturated carbocycles. The van der Waals surface area contributed by atoms with E-state index < -0.39 is 11.7 Å². The maximum absolute atomic E-state index is 14.0. The fourth-order valence-corrected chi connectivity index (χ4v) is 5.07. The predicted octanol–water partition coefficient (Wildman–Crippen LogP) is 7.90. The molecule has 4 aromatic carbocycles. The number of carbonyl (C=O) groups excluding carboxylic acids is 1. The van der Waals surface area contributed by atoms with Gasteiger partial charge in [-0.15, -0.1) is 0 Å². The number of ether oxygens (including phenoxy) is 2. The maximum atomic E-state index is 14.0. The molecule has 1 atom stereocenters. The third kappa shape index (κ3) is 6.82. The number of halogens is 1. The van der Waals surface area contributed by atoms with Crippen LogP contribution in [0.25, 0.3) is 0 Å². The van der Waals surface area contributed by atoms with Crippen LogP contribution in [0.15, 0.2) is 114 Å². The lowest BCUT2D eigenvalue weighted by atomic mass is 9.69. The van der Waals surface area contributed by atoms with E-state index in [-0.39, 0.29) is 11.8 Å². The topological polar surface area (TPSA) is 57.1 Å². The Morgan fingerprint density at radius 2 is 1.55 bits per heavy atom. The van der Waals surface area contributed by atoms with Crippen LogP contribution in [0.4, 0.5) is 4.39 Å². The first-order valence-corrected chi connectivity index (χ1v) is 13.6. The summed E-state index contributed by atoms with van der Waals surface area (Å²) in [7, 11) is 0. The van der Waals surface area contributed by atoms with Crippen LogP contribution in [0, 0.1) is 5.82 Å². The van der Waals surface area contributed by atoms with Crippen molar-refractivity contribution >= 4 is 12.2 Å². The molecular weight excluding hydrogens is 505 g/mol. The third-order valence-corrected chi connectivity index (χ3v) is 7.24. The molecule has 1 aliphatic rings. The zero-order valence-corrected chi connectivity index (χ0v) is 22.2. The van der Waals surface area contributed by atoms with E-state index in [2.05, 4.69) is 5.16 Å². The van der Waals surface area contributed by atoms with Crippen LogP contribution in [0.3, 0.4) is 0 Å². The highest BCUT2D eigenvalue weighted by atomic mass is 19.1. The summed E-state index contributed by atoms with van der Waals surface area (Å²) in [6.45, 7) is 0.382. The quantitative estimate of drug-likeness (QED) is 0.0678. The molecule has 40 heavy (non-hydrogen) atoms. The molecule has 1 fully saturated rings. The molecule has 0 N–H and O–H groups in total. The van der Waals surface area contributed by atoms with E-state index in [1.54, 1.807) is 36.5 Å². The summed E-state index contributed by atoms with van der Waals surface area (Å²) >= 11 is 0. The van der Waals surface area contributed by atoms with Crippen molar-refractivity contribution in [1.29, 1.82) is 0 Å². The zero-order valence-electron chi connectivity index (χ0n) is 22.2. The molecule has 1 unspecified atom stereocenters. The molecular formula is C34H32FNO4. The fraction of sp³-hybridized carbons (Fsp3) is 0.235. The van der Waals surface area contributed by atoms with Crippen LogP contribution in [0.1, 0.15) is 60.6 Å². The van der Waals surface area contributed by atoms with Crippen molar-refractivity contribution in [2.45, 2.75) is 50.4 Å². The van der Waals surface area contributed by atoms with Crippen molar-refractivity contribution in [2.75, 3.05) is 0 Å². The molecule has 5 nitrogen and oxygen atoms in total. The molecule has 0 spiro atoms. The molecule has 204 valence electrons. The second-order valence-corrected chi connectivity index (χ2v) is 9.99. The van der Waals surface area contributed by atoms with Gasteiger partial charge in [0.1, 0.15) is 11.6 Å². The molecule has 0 aromatic heterocycles. The van der Waals surface area contributed by atoms with Gasteiger partial charge in [-0.05, 0) is 65.9 Å². The van der Waals surface area contributed by atoms with Crippen LogP contribution in [0.5, 0.6) is 5.75 Å². The molecule has 6 heteroatoms. The number of benzene rings is 4. The van der Waals surface area contributed by atoms with Crippen molar-refractivity contribution in [1.82, 2.24) is 0 Å². The molecule has 0 amide bonds. The van der Waals surface area contributed by atoms with Crippen molar-refractivity contribution < 1.29 is 23.5 Å². The number of esters is 1. The smallest absolute Gasteiger partial charge is 0.321 e. The summed E-state index contributed by atoms with van der Waals surface area (Å²) in [4.78, 5) is 19.2. The van der Waals surface area contributed by atoms with E-state index in [4.69, 9.17) is 14.3 Å². The summed E-state index contributed by atoms with van der Waals surface area (Å²) in [5.41, 5.74) is 2.51. The highest BCUT2D eigenvalue weighted by molar-refractivity contribution is 5.85. The lowest BCUT2D eigenvalue weighted by Gasteiger charge is -2.35. The Bertz CT molecular complexity index is 1400. The van der Waals surface area contributed by atoms with E-state index in [0.29, 0.717) is 30.8 Å². The minimum Gasteiger partial charge on any atom is -0.426 e. The first kappa shape index (κ1) is 27.3. The lowest BCUT2D eigenvalue weighted by molar-refractivity contribution is -0.153. The largest absolute Gasteiger partial charge is 0.426 e. The molecule has 0 bridgehead atoms. The van der Waals surface area contributed by atoms with Gasteiger partial charge < -0.3 is 14.3 Å². The minimum absolute atomic E-state index is 0.344. The number of oxime groups is 1. The van der Waals surface area contributed by atoms with Gasteiger partial charge in [-0.25, -0.2) is 4.39 Å². The van der Waals surface area contributed by atoms with E-state index in [1.807, 2.05) is 66.7 Å². The molecule has 0 radical (unpaired) electrons. The summed E-state index contributed by atoms with van der Waals surface area (Å²) in [5.74, 6) is -0.261. The van der Waals surface area contributed by atoms with E-state index in [9.17, 15) is 9.18 Å². The third-order valence-electron chi connectivity index (χ3n) is 7.24. The van der Waals surface area contributed by atoms with E-state index in [0.717, 1.165) is 36.0 Å². The SMILES string of the molecule is O=C(Oc1ccc(C=NOC(OCc2ccccc2)c2ccccc2)cc1)C1(c2cccc(F)c2)CCCCC1. The van der Waals surface area contributed by atoms with Gasteiger partial charge in [0.2, 0.25) is 0 Å². The van der Waals surface area contributed by atoms with Gasteiger partial charge in [-0.1, -0.05) is 97.2 Å². The Balaban J connectivity index is 1.23. The number of hydrogen-bond acceptors (Lipinski definition) is 5. The minimum atomic E-state index is -0.833. The first-order valence-electron chi connectivity index (χ1n) is 13.6. The molecule has 0 heterocycles. The Morgan fingerprint density at radius 3 is 2.25 bits per heavy atom. The number of carbonyl (C=O) groups is 1. The number of hydrogen-bond donors (Lipinski definition) is 0. The van der Waals surface area contributed by atoms with Crippen molar-refractivity contribution in [2.24, 2.45) is 5.16 Å². The summed E-state index contributed by atoms with van der Waals surface area (Å²) in [6, 6.07) is 32.9. The van der Waals surface area contributed by atoms with Gasteiger partial charge in [0.15, 0.2) is 0 Å². The van der Waals surface area contributed by atoms with Gasteiger partial charge >= 0.3 is 5.97 Å². The fourth-order valence-electron chi connectivity index (χ4n) is 5.07. The van der Waals surface area contributed by atoms with Crippen molar-refractivity contribution in [3.63, 3.8) is 0 Å². The summed E-state index contributed by atoms with van der Waals surface area (Å²) < 4.78 is 25.8. The maximum Gasteiger partial charge on any atom is 0.321 e. The molecule has 0 saturated heterocycles. The van der Waals surface area contributed by atoms with Crippen LogP contribution < -0.4 is 4.74 Å². The van der Waals surface area contributed by atoms with Crippen molar-refractivity contribution in [3.05, 3.63) is 137 Å². The van der Waals surface area contributed by atoms with Crippen molar-refractivity contribution in [3.8, 4) is 5.75 Å². The van der Waals surface area contributed by atoms with Gasteiger partial charge in [0.25, 0.3) is 6.29 Å². The van der Waals surface area contributed by atoms with Gasteiger partial charge in [0, 0.05) is 5.56 Å². The average Bonchev–Trinajstić information content (AvgIpc) is 3.01. The Hall–Kier alpha value is -4.29. The van der Waals surface area contributed by atoms with Crippen LogP contribution in [0.2, 0.25) is 0 Å². The first-order chi connectivity index (χ1) is 19.6. The molecule has 4 aromatic rings. The van der Waals surface area contributed by atoms with Crippen LogP contribution in [-0.2, 0) is 26.4 Å². The zero-order chi connectivity index (χ0) is 27.6. The monoisotopic (exact) mass is 537 g/mol. The Labute approximate surface area is 234 Å². The Morgan fingerprint density at radius 1 is 0.850 bits per heavy atom. The van der Waals surface area contributed by atoms with Gasteiger partial charge in [0.05, 0.1) is 18.2 Å². The summed E-state index contributed by atoms with van der Waals surface area (Å²) in [5, 5.41) is 4.16. The molecule has 1 aliphatic carbocycles. The van der Waals surface area contributed by atoms with Crippen LogP contribution in [-0.4, -0.2) is 12.2 Å². The van der Waals surface area contributed by atoms with Crippen LogP contribution >= 0.6 is 0 Å². The molecule has 5 rings (SSSR count). The predicted molar refractivity (Wildman–Crippen MR) is 152 cm³/mol. The number of nitrogens with zero attached hydrogens (tertiary/aromatic N) is 1. The van der Waals surface area contributed by atoms with Gasteiger partial charge in [-0.3, -0.25) is 4.79 Å². The number of rotatable bonds is 10. The Kier molecular flexibility index (Phi) is 8.99. The van der Waals surface area contributed by atoms with E-state index in [1.165, 1.54) is 12.1 Å². The van der Waals surface area contributed by atoms with Gasteiger partial charge in [-0.2, -0.15) is 0 Å². The standard InChI is InChI=1S/C34H32FNO4/c35-30-16-10-15-29(23-30)34(21-8-3-9-22-34)33(37)39-31-19-17-26(18-20-31)24-36-40-32(28-13-6-2-7-14-28)38-25-27-11-4-1-5-12-27/h1-2,4-7,10-20,23-24,32H,3,8-9,21-22,25H2. The highest BCUT2D eigenvalue weighted by Gasteiger charge is 2.43. The second-order valence-electron chi connectivity index (χ2n) is 9.99. The highest BCUT2D eigenvalue weighted by Crippen LogP contribution is 2.41.